The van der Waals surface area contributed by atoms with E-state index in [0.29, 0.717) is 22.8 Å². The molecule has 156 valence electrons. The average Bonchev–Trinajstić information content (AvgIpc) is 2.65. The smallest absolute Gasteiger partial charge is 0.253 e. The number of nitrogens with one attached hydrogen (secondary N) is 2. The summed E-state index contributed by atoms with van der Waals surface area (Å²) in [5, 5.41) is 5.77. The summed E-state index contributed by atoms with van der Waals surface area (Å²) in [5.41, 5.74) is 0.879. The van der Waals surface area contributed by atoms with E-state index in [1.165, 1.54) is 13.0 Å². The van der Waals surface area contributed by atoms with E-state index in [-0.39, 0.29) is 11.6 Å². The SMILES string of the molecule is CCCNC(=O)c1ccccc1NC(=O)[C@H](C)N(c1cccc(Cl)c1)S(C)(=O)=O. The third kappa shape index (κ3) is 5.95. The largest absolute Gasteiger partial charge is 0.352 e. The quantitative estimate of drug-likeness (QED) is 0.662. The molecule has 2 N–H and O–H groups in total. The van der Waals surface area contributed by atoms with E-state index in [2.05, 4.69) is 10.6 Å². The molecule has 0 heterocycles. The zero-order chi connectivity index (χ0) is 21.6. The summed E-state index contributed by atoms with van der Waals surface area (Å²) in [6.07, 6.45) is 1.80. The summed E-state index contributed by atoms with van der Waals surface area (Å²) < 4.78 is 25.7. The van der Waals surface area contributed by atoms with Gasteiger partial charge in [0.2, 0.25) is 15.9 Å². The topological polar surface area (TPSA) is 95.6 Å². The molecule has 0 aliphatic heterocycles. The van der Waals surface area contributed by atoms with Crippen molar-refractivity contribution in [3.8, 4) is 0 Å². The number of benzene rings is 2. The second-order valence-electron chi connectivity index (χ2n) is 6.51. The summed E-state index contributed by atoms with van der Waals surface area (Å²) in [6, 6.07) is 11.7. The van der Waals surface area contributed by atoms with Crippen molar-refractivity contribution < 1.29 is 18.0 Å². The van der Waals surface area contributed by atoms with Gasteiger partial charge in [-0.25, -0.2) is 8.42 Å². The number of nitrogens with zero attached hydrogens (tertiary/aromatic N) is 1. The highest BCUT2D eigenvalue weighted by atomic mass is 35.5. The van der Waals surface area contributed by atoms with Crippen molar-refractivity contribution in [3.05, 3.63) is 59.1 Å². The molecule has 0 saturated carbocycles. The maximum Gasteiger partial charge on any atom is 0.253 e. The molecule has 0 aliphatic carbocycles. The number of hydrogen-bond acceptors (Lipinski definition) is 4. The van der Waals surface area contributed by atoms with E-state index in [4.69, 9.17) is 11.6 Å². The molecule has 0 aliphatic rings. The van der Waals surface area contributed by atoms with Gasteiger partial charge in [0.25, 0.3) is 5.91 Å². The van der Waals surface area contributed by atoms with Crippen molar-refractivity contribution in [2.75, 3.05) is 22.4 Å². The summed E-state index contributed by atoms with van der Waals surface area (Å²) in [4.78, 5) is 25.2. The van der Waals surface area contributed by atoms with Crippen molar-refractivity contribution in [3.63, 3.8) is 0 Å². The molecule has 2 aromatic carbocycles. The molecule has 0 fully saturated rings. The standard InChI is InChI=1S/C20H24ClN3O4S/c1-4-12-22-20(26)17-10-5-6-11-18(17)23-19(25)14(2)24(29(3,27)28)16-9-7-8-15(21)13-16/h5-11,13-14H,4,12H2,1-3H3,(H,22,26)(H,23,25)/t14-/m0/s1. The summed E-state index contributed by atoms with van der Waals surface area (Å²) >= 11 is 5.98. The van der Waals surface area contributed by atoms with Gasteiger partial charge in [-0.2, -0.15) is 0 Å². The van der Waals surface area contributed by atoms with Crippen LogP contribution in [0.1, 0.15) is 30.6 Å². The lowest BCUT2D eigenvalue weighted by atomic mass is 10.1. The molecule has 0 bridgehead atoms. The average molecular weight is 438 g/mol. The van der Waals surface area contributed by atoms with Crippen molar-refractivity contribution in [2.45, 2.75) is 26.3 Å². The van der Waals surface area contributed by atoms with Gasteiger partial charge in [-0.1, -0.05) is 36.7 Å². The molecule has 0 radical (unpaired) electrons. The van der Waals surface area contributed by atoms with Crippen LogP contribution in [0.2, 0.25) is 5.02 Å². The van der Waals surface area contributed by atoms with Crippen LogP contribution in [0.3, 0.4) is 0 Å². The molecular formula is C20H24ClN3O4S. The van der Waals surface area contributed by atoms with Gasteiger partial charge in [-0.15, -0.1) is 0 Å². The van der Waals surface area contributed by atoms with Gasteiger partial charge in [0.05, 0.1) is 23.2 Å². The minimum absolute atomic E-state index is 0.275. The number of carbonyl (C=O) groups excluding carboxylic acids is 2. The molecule has 1 atom stereocenters. The Kier molecular flexibility index (Phi) is 7.64. The first kappa shape index (κ1) is 22.7. The number of rotatable bonds is 8. The zero-order valence-corrected chi connectivity index (χ0v) is 18.0. The van der Waals surface area contributed by atoms with Crippen LogP contribution in [0.4, 0.5) is 11.4 Å². The fourth-order valence-corrected chi connectivity index (χ4v) is 4.13. The lowest BCUT2D eigenvalue weighted by molar-refractivity contribution is -0.116. The normalized spacial score (nSPS) is 12.1. The first-order chi connectivity index (χ1) is 13.6. The molecule has 0 unspecified atom stereocenters. The summed E-state index contributed by atoms with van der Waals surface area (Å²) in [6.45, 7) is 3.91. The van der Waals surface area contributed by atoms with Crippen LogP contribution in [0.5, 0.6) is 0 Å². The van der Waals surface area contributed by atoms with Gasteiger partial charge in [-0.05, 0) is 43.7 Å². The van der Waals surface area contributed by atoms with Gasteiger partial charge >= 0.3 is 0 Å². The molecular weight excluding hydrogens is 414 g/mol. The highest BCUT2D eigenvalue weighted by molar-refractivity contribution is 7.92. The van der Waals surface area contributed by atoms with Gasteiger partial charge in [-0.3, -0.25) is 13.9 Å². The lowest BCUT2D eigenvalue weighted by Crippen LogP contribution is -2.45. The van der Waals surface area contributed by atoms with Gasteiger partial charge in [0.15, 0.2) is 0 Å². The van der Waals surface area contributed by atoms with Crippen molar-refractivity contribution in [1.29, 1.82) is 0 Å². The number of sulfonamides is 1. The van der Waals surface area contributed by atoms with Crippen LogP contribution in [0.25, 0.3) is 0 Å². The fraction of sp³-hybridized carbons (Fsp3) is 0.300. The Balaban J connectivity index is 2.31. The van der Waals surface area contributed by atoms with Crippen LogP contribution >= 0.6 is 11.6 Å². The highest BCUT2D eigenvalue weighted by Crippen LogP contribution is 2.25. The van der Waals surface area contributed by atoms with Crippen LogP contribution in [-0.4, -0.2) is 39.1 Å². The van der Waals surface area contributed by atoms with E-state index in [1.807, 2.05) is 6.92 Å². The highest BCUT2D eigenvalue weighted by Gasteiger charge is 2.30. The third-order valence-corrected chi connectivity index (χ3v) is 5.59. The molecule has 0 spiro atoms. The predicted octanol–water partition coefficient (Wildman–Crippen LogP) is 3.27. The number of amides is 2. The monoisotopic (exact) mass is 437 g/mol. The molecule has 29 heavy (non-hydrogen) atoms. The maximum atomic E-state index is 12.9. The van der Waals surface area contributed by atoms with Crippen LogP contribution in [0.15, 0.2) is 48.5 Å². The lowest BCUT2D eigenvalue weighted by Gasteiger charge is -2.28. The van der Waals surface area contributed by atoms with E-state index >= 15 is 0 Å². The summed E-state index contributed by atoms with van der Waals surface area (Å²) in [7, 11) is -3.78. The van der Waals surface area contributed by atoms with Crippen molar-refractivity contribution in [1.82, 2.24) is 5.32 Å². The number of para-hydroxylation sites is 1. The Morgan fingerprint density at radius 1 is 1.14 bits per heavy atom. The Morgan fingerprint density at radius 2 is 1.83 bits per heavy atom. The molecule has 0 saturated heterocycles. The van der Waals surface area contributed by atoms with Gasteiger partial charge < -0.3 is 10.6 Å². The Labute approximate surface area is 176 Å². The number of hydrogen-bond donors (Lipinski definition) is 2. The van der Waals surface area contributed by atoms with E-state index in [9.17, 15) is 18.0 Å². The Bertz CT molecular complexity index is 995. The molecule has 2 aromatic rings. The first-order valence-electron chi connectivity index (χ1n) is 9.08. The van der Waals surface area contributed by atoms with Gasteiger partial charge in [0, 0.05) is 11.6 Å². The zero-order valence-electron chi connectivity index (χ0n) is 16.5. The number of anilines is 2. The molecule has 2 rings (SSSR count). The van der Waals surface area contributed by atoms with Crippen LogP contribution in [-0.2, 0) is 14.8 Å². The molecule has 9 heteroatoms. The molecule has 0 aromatic heterocycles. The van der Waals surface area contributed by atoms with Crippen molar-refractivity contribution in [2.24, 2.45) is 0 Å². The Morgan fingerprint density at radius 3 is 2.45 bits per heavy atom. The molecule has 7 nitrogen and oxygen atoms in total. The maximum absolute atomic E-state index is 12.9. The minimum atomic E-state index is -3.78. The first-order valence-corrected chi connectivity index (χ1v) is 11.3. The molecule has 2 amide bonds. The Hall–Kier alpha value is -2.58. The van der Waals surface area contributed by atoms with Crippen LogP contribution < -0.4 is 14.9 Å². The number of halogens is 1. The summed E-state index contributed by atoms with van der Waals surface area (Å²) in [5.74, 6) is -0.892. The minimum Gasteiger partial charge on any atom is -0.352 e. The second kappa shape index (κ2) is 9.76. The predicted molar refractivity (Wildman–Crippen MR) is 116 cm³/mol. The third-order valence-electron chi connectivity index (χ3n) is 4.12. The fourth-order valence-electron chi connectivity index (χ4n) is 2.78. The number of carbonyl (C=O) groups is 2. The van der Waals surface area contributed by atoms with E-state index < -0.39 is 22.0 Å². The van der Waals surface area contributed by atoms with E-state index in [0.717, 1.165) is 17.0 Å². The van der Waals surface area contributed by atoms with Gasteiger partial charge in [0.1, 0.15) is 6.04 Å². The van der Waals surface area contributed by atoms with E-state index in [1.54, 1.807) is 42.5 Å². The van der Waals surface area contributed by atoms with Crippen molar-refractivity contribution >= 4 is 44.8 Å². The second-order valence-corrected chi connectivity index (χ2v) is 8.80. The van der Waals surface area contributed by atoms with Crippen LogP contribution in [0, 0.1) is 0 Å².